The second-order valence-electron chi connectivity index (χ2n) is 6.74. The topological polar surface area (TPSA) is 12.5 Å². The zero-order valence-corrected chi connectivity index (χ0v) is 15.5. The van der Waals surface area contributed by atoms with Gasteiger partial charge in [0.15, 0.2) is 11.6 Å². The summed E-state index contributed by atoms with van der Waals surface area (Å²) in [7, 11) is 0. The number of rotatable bonds is 7. The lowest BCUT2D eigenvalue weighted by atomic mass is 10.1. The average Bonchev–Trinajstić information content (AvgIpc) is 2.68. The van der Waals surface area contributed by atoms with Crippen LogP contribution in [-0.4, -0.2) is 6.04 Å². The molecular formula is C23H23F2NO. The van der Waals surface area contributed by atoms with E-state index in [1.165, 1.54) is 18.2 Å². The first kappa shape index (κ1) is 18.9. The Kier molecular flexibility index (Phi) is 6.07. The van der Waals surface area contributed by atoms with Crippen molar-refractivity contribution in [3.63, 3.8) is 0 Å². The van der Waals surface area contributed by atoms with Crippen molar-refractivity contribution < 1.29 is 13.5 Å². The van der Waals surface area contributed by atoms with Crippen molar-refractivity contribution in [2.45, 2.75) is 33.0 Å². The molecule has 0 unspecified atom stereocenters. The Morgan fingerprint density at radius 2 is 1.56 bits per heavy atom. The minimum absolute atomic E-state index is 0.183. The Balaban J connectivity index is 1.79. The van der Waals surface area contributed by atoms with Crippen LogP contribution < -0.4 is 9.64 Å². The second-order valence-corrected chi connectivity index (χ2v) is 6.74. The minimum atomic E-state index is -0.389. The third kappa shape index (κ3) is 5.07. The average molecular weight is 367 g/mol. The number of hydrogen-bond donors (Lipinski definition) is 0. The Morgan fingerprint density at radius 3 is 2.22 bits per heavy atom. The Morgan fingerprint density at radius 1 is 0.852 bits per heavy atom. The van der Waals surface area contributed by atoms with E-state index in [2.05, 4.69) is 18.7 Å². The van der Waals surface area contributed by atoms with Crippen LogP contribution in [0.1, 0.15) is 25.0 Å². The van der Waals surface area contributed by atoms with Crippen LogP contribution in [0, 0.1) is 11.6 Å². The molecule has 0 aromatic heterocycles. The van der Waals surface area contributed by atoms with Crippen molar-refractivity contribution >= 4 is 5.69 Å². The summed E-state index contributed by atoms with van der Waals surface area (Å²) in [4.78, 5) is 2.13. The molecule has 0 radical (unpaired) electrons. The van der Waals surface area contributed by atoms with Gasteiger partial charge in [0.05, 0.1) is 0 Å². The Bertz CT molecular complexity index is 863. The smallest absolute Gasteiger partial charge is 0.165 e. The van der Waals surface area contributed by atoms with Crippen LogP contribution in [0.15, 0.2) is 72.8 Å². The first-order chi connectivity index (χ1) is 13.0. The number of benzene rings is 3. The van der Waals surface area contributed by atoms with E-state index in [0.717, 1.165) is 16.8 Å². The fourth-order valence-corrected chi connectivity index (χ4v) is 2.88. The SMILES string of the molecule is CC(C)N(Cc1ccc(F)cc1)c1ccc(F)c(OCc2ccccc2)c1. The van der Waals surface area contributed by atoms with E-state index in [1.54, 1.807) is 24.3 Å². The molecule has 3 rings (SSSR count). The quantitative estimate of drug-likeness (QED) is 0.511. The minimum Gasteiger partial charge on any atom is -0.486 e. The van der Waals surface area contributed by atoms with Gasteiger partial charge in [0, 0.05) is 24.3 Å². The van der Waals surface area contributed by atoms with E-state index < -0.39 is 0 Å². The third-order valence-corrected chi connectivity index (χ3v) is 4.37. The molecule has 0 spiro atoms. The van der Waals surface area contributed by atoms with Crippen LogP contribution in [0.5, 0.6) is 5.75 Å². The zero-order valence-electron chi connectivity index (χ0n) is 15.5. The van der Waals surface area contributed by atoms with E-state index >= 15 is 0 Å². The van der Waals surface area contributed by atoms with Gasteiger partial charge in [0.25, 0.3) is 0 Å². The van der Waals surface area contributed by atoms with Gasteiger partial charge in [-0.3, -0.25) is 0 Å². The predicted octanol–water partition coefficient (Wildman–Crippen LogP) is 5.96. The fourth-order valence-electron chi connectivity index (χ4n) is 2.88. The van der Waals surface area contributed by atoms with Crippen molar-refractivity contribution in [3.8, 4) is 5.75 Å². The highest BCUT2D eigenvalue weighted by molar-refractivity contribution is 5.52. The Hall–Kier alpha value is -2.88. The molecule has 0 heterocycles. The van der Waals surface area contributed by atoms with Crippen LogP contribution in [0.3, 0.4) is 0 Å². The van der Waals surface area contributed by atoms with Gasteiger partial charge in [-0.15, -0.1) is 0 Å². The molecule has 0 aliphatic heterocycles. The van der Waals surface area contributed by atoms with Gasteiger partial charge in [-0.1, -0.05) is 42.5 Å². The van der Waals surface area contributed by atoms with Crippen molar-refractivity contribution in [2.24, 2.45) is 0 Å². The zero-order chi connectivity index (χ0) is 19.2. The molecule has 0 atom stereocenters. The van der Waals surface area contributed by atoms with Gasteiger partial charge in [0.2, 0.25) is 0 Å². The van der Waals surface area contributed by atoms with Crippen molar-refractivity contribution in [1.82, 2.24) is 0 Å². The van der Waals surface area contributed by atoms with E-state index in [-0.39, 0.29) is 23.4 Å². The summed E-state index contributed by atoms with van der Waals surface area (Å²) in [5.41, 5.74) is 2.83. The lowest BCUT2D eigenvalue weighted by Gasteiger charge is -2.29. The van der Waals surface area contributed by atoms with Gasteiger partial charge in [0.1, 0.15) is 12.4 Å². The van der Waals surface area contributed by atoms with E-state index in [4.69, 9.17) is 4.74 Å². The maximum absolute atomic E-state index is 14.2. The summed E-state index contributed by atoms with van der Waals surface area (Å²) in [6.07, 6.45) is 0. The molecule has 140 valence electrons. The predicted molar refractivity (Wildman–Crippen MR) is 105 cm³/mol. The highest BCUT2D eigenvalue weighted by Crippen LogP contribution is 2.28. The normalized spacial score (nSPS) is 10.9. The van der Waals surface area contributed by atoms with Crippen molar-refractivity contribution in [3.05, 3.63) is 95.6 Å². The number of anilines is 1. The van der Waals surface area contributed by atoms with E-state index in [0.29, 0.717) is 13.2 Å². The molecule has 0 fully saturated rings. The summed E-state index contributed by atoms with van der Waals surface area (Å²) < 4.78 is 33.1. The molecule has 0 amide bonds. The van der Waals surface area contributed by atoms with Crippen molar-refractivity contribution in [1.29, 1.82) is 0 Å². The van der Waals surface area contributed by atoms with Gasteiger partial charge in [-0.05, 0) is 49.2 Å². The summed E-state index contributed by atoms with van der Waals surface area (Å²) >= 11 is 0. The van der Waals surface area contributed by atoms with Crippen LogP contribution in [0.2, 0.25) is 0 Å². The highest BCUT2D eigenvalue weighted by atomic mass is 19.1. The van der Waals surface area contributed by atoms with Gasteiger partial charge < -0.3 is 9.64 Å². The lowest BCUT2D eigenvalue weighted by molar-refractivity contribution is 0.290. The maximum Gasteiger partial charge on any atom is 0.165 e. The van der Waals surface area contributed by atoms with Crippen LogP contribution in [0.4, 0.5) is 14.5 Å². The molecule has 27 heavy (non-hydrogen) atoms. The number of ether oxygens (including phenoxy) is 1. The molecule has 0 saturated carbocycles. The standard InChI is InChI=1S/C23H23F2NO/c1-17(2)26(15-18-8-10-20(24)11-9-18)21-12-13-22(25)23(14-21)27-16-19-6-4-3-5-7-19/h3-14,17H,15-16H2,1-2H3. The largest absolute Gasteiger partial charge is 0.486 e. The maximum atomic E-state index is 14.2. The molecule has 3 aromatic rings. The third-order valence-electron chi connectivity index (χ3n) is 4.37. The summed E-state index contributed by atoms with van der Waals surface area (Å²) in [5.74, 6) is -0.422. The van der Waals surface area contributed by atoms with E-state index in [1.807, 2.05) is 30.3 Å². The van der Waals surface area contributed by atoms with Crippen molar-refractivity contribution in [2.75, 3.05) is 4.90 Å². The lowest BCUT2D eigenvalue weighted by Crippen LogP contribution is -2.30. The van der Waals surface area contributed by atoms with E-state index in [9.17, 15) is 8.78 Å². The number of halogens is 2. The Labute approximate surface area is 159 Å². The molecule has 2 nitrogen and oxygen atoms in total. The molecule has 0 N–H and O–H groups in total. The van der Waals surface area contributed by atoms with Crippen LogP contribution >= 0.6 is 0 Å². The molecule has 0 aliphatic carbocycles. The summed E-state index contributed by atoms with van der Waals surface area (Å²) in [5, 5.41) is 0. The number of nitrogens with zero attached hydrogens (tertiary/aromatic N) is 1. The molecule has 0 aliphatic rings. The molecule has 4 heteroatoms. The van der Waals surface area contributed by atoms with Gasteiger partial charge in [-0.2, -0.15) is 0 Å². The van der Waals surface area contributed by atoms with Gasteiger partial charge >= 0.3 is 0 Å². The highest BCUT2D eigenvalue weighted by Gasteiger charge is 2.14. The summed E-state index contributed by atoms with van der Waals surface area (Å²) in [6, 6.07) is 21.2. The molecule has 0 saturated heterocycles. The second kappa shape index (κ2) is 8.67. The van der Waals surface area contributed by atoms with Crippen LogP contribution in [-0.2, 0) is 13.2 Å². The molecular weight excluding hydrogens is 344 g/mol. The first-order valence-corrected chi connectivity index (χ1v) is 9.00. The molecule has 0 bridgehead atoms. The number of hydrogen-bond acceptors (Lipinski definition) is 2. The molecule has 3 aromatic carbocycles. The fraction of sp³-hybridized carbons (Fsp3) is 0.217. The monoisotopic (exact) mass is 367 g/mol. The first-order valence-electron chi connectivity index (χ1n) is 9.00. The summed E-state index contributed by atoms with van der Waals surface area (Å²) in [6.45, 7) is 5.04. The van der Waals surface area contributed by atoms with Gasteiger partial charge in [-0.25, -0.2) is 8.78 Å². The van der Waals surface area contributed by atoms with Crippen LogP contribution in [0.25, 0.3) is 0 Å².